The second-order valence-corrected chi connectivity index (χ2v) is 12.1. The fraction of sp³-hybridized carbons (Fsp3) is 0.308. The Morgan fingerprint density at radius 3 is 1.68 bits per heavy atom. The topological polar surface area (TPSA) is 110 Å². The van der Waals surface area contributed by atoms with Crippen molar-refractivity contribution in [2.45, 2.75) is 50.4 Å². The molecule has 0 spiro atoms. The fourth-order valence-corrected chi connectivity index (χ4v) is 6.77. The third kappa shape index (κ3) is 7.13. The monoisotopic (exact) mass is 586 g/mol. The number of amides is 2. The maximum atomic E-state index is 12.4. The fourth-order valence-electron chi connectivity index (χ4n) is 4.53. The number of halogens is 2. The smallest absolute Gasteiger partial charge is 0.230 e. The van der Waals surface area contributed by atoms with Gasteiger partial charge in [-0.1, -0.05) is 76.6 Å². The SMILES string of the molecule is O=C(Cc1cccc(Cl)c1)Nc1nnc([C@@H]2CCC[C@@H](c3nnc(NC(=O)Cc4cccc(Cl)c4)s3)C2)s1. The average Bonchev–Trinajstić information content (AvgIpc) is 3.54. The van der Waals surface area contributed by atoms with Crippen LogP contribution in [-0.2, 0) is 22.4 Å². The van der Waals surface area contributed by atoms with E-state index in [1.807, 2.05) is 24.3 Å². The molecule has 4 aromatic rings. The first-order valence-corrected chi connectivity index (χ1v) is 14.6. The van der Waals surface area contributed by atoms with E-state index in [0.717, 1.165) is 46.8 Å². The predicted octanol–water partition coefficient (Wildman–Crippen LogP) is 6.50. The Labute approximate surface area is 237 Å². The standard InChI is InChI=1S/C26H24Cl2N6O2S2/c27-19-8-1-4-15(10-19)12-21(35)29-25-33-31-23(37-25)17-6-3-7-18(14-17)24-32-34-26(38-24)30-22(36)13-16-5-2-9-20(28)11-16/h1-2,4-5,8-11,17-18H,3,6-7,12-14H2,(H,29,33,35)(H,30,34,36)/t17-,18-/m1/s1. The molecule has 2 atom stereocenters. The van der Waals surface area contributed by atoms with Gasteiger partial charge in [0, 0.05) is 21.9 Å². The summed E-state index contributed by atoms with van der Waals surface area (Å²) in [5, 5.41) is 26.8. The number of anilines is 2. The lowest BCUT2D eigenvalue weighted by Crippen LogP contribution is -2.14. The van der Waals surface area contributed by atoms with Gasteiger partial charge in [-0.3, -0.25) is 9.59 Å². The second kappa shape index (κ2) is 12.3. The molecule has 0 saturated heterocycles. The van der Waals surface area contributed by atoms with Crippen molar-refractivity contribution in [3.05, 3.63) is 79.7 Å². The summed E-state index contributed by atoms with van der Waals surface area (Å²) in [5.41, 5.74) is 1.68. The molecule has 2 amide bonds. The number of nitrogens with zero attached hydrogens (tertiary/aromatic N) is 4. The molecule has 2 aromatic carbocycles. The summed E-state index contributed by atoms with van der Waals surface area (Å²) >= 11 is 14.8. The lowest BCUT2D eigenvalue weighted by molar-refractivity contribution is -0.116. The van der Waals surface area contributed by atoms with Crippen LogP contribution in [0.1, 0.15) is 58.7 Å². The van der Waals surface area contributed by atoms with Crippen molar-refractivity contribution < 1.29 is 9.59 Å². The van der Waals surface area contributed by atoms with Crippen LogP contribution < -0.4 is 10.6 Å². The molecule has 12 heteroatoms. The van der Waals surface area contributed by atoms with Gasteiger partial charge >= 0.3 is 0 Å². The highest BCUT2D eigenvalue weighted by Crippen LogP contribution is 2.43. The Morgan fingerprint density at radius 2 is 1.24 bits per heavy atom. The van der Waals surface area contributed by atoms with Crippen molar-refractivity contribution in [2.24, 2.45) is 0 Å². The van der Waals surface area contributed by atoms with Gasteiger partial charge in [-0.05, 0) is 54.7 Å². The maximum Gasteiger partial charge on any atom is 0.230 e. The number of nitrogens with one attached hydrogen (secondary N) is 2. The number of hydrogen-bond donors (Lipinski definition) is 2. The van der Waals surface area contributed by atoms with Gasteiger partial charge in [0.1, 0.15) is 10.0 Å². The normalized spacial score (nSPS) is 17.2. The van der Waals surface area contributed by atoms with Gasteiger partial charge in [0.15, 0.2) is 0 Å². The highest BCUT2D eigenvalue weighted by Gasteiger charge is 2.29. The van der Waals surface area contributed by atoms with E-state index in [9.17, 15) is 9.59 Å². The second-order valence-electron chi connectivity index (χ2n) is 9.16. The molecule has 0 aliphatic heterocycles. The van der Waals surface area contributed by atoms with E-state index in [1.54, 1.807) is 24.3 Å². The highest BCUT2D eigenvalue weighted by molar-refractivity contribution is 7.15. The molecule has 1 saturated carbocycles. The van der Waals surface area contributed by atoms with Crippen molar-refractivity contribution in [2.75, 3.05) is 10.6 Å². The van der Waals surface area contributed by atoms with E-state index in [-0.39, 0.29) is 36.5 Å². The zero-order chi connectivity index (χ0) is 26.5. The van der Waals surface area contributed by atoms with Crippen LogP contribution in [-0.4, -0.2) is 32.2 Å². The van der Waals surface area contributed by atoms with Crippen molar-refractivity contribution >= 4 is 68.0 Å². The van der Waals surface area contributed by atoms with Crippen LogP contribution in [0, 0.1) is 0 Å². The first-order valence-electron chi connectivity index (χ1n) is 12.2. The Balaban J connectivity index is 1.15. The van der Waals surface area contributed by atoms with Crippen molar-refractivity contribution in [1.82, 2.24) is 20.4 Å². The van der Waals surface area contributed by atoms with Crippen molar-refractivity contribution in [3.63, 3.8) is 0 Å². The zero-order valence-corrected chi connectivity index (χ0v) is 23.3. The summed E-state index contributed by atoms with van der Waals surface area (Å²) in [7, 11) is 0. The number of aromatic nitrogens is 4. The van der Waals surface area contributed by atoms with Gasteiger partial charge < -0.3 is 10.6 Å². The summed E-state index contributed by atoms with van der Waals surface area (Å²) < 4.78 is 0. The third-order valence-electron chi connectivity index (χ3n) is 6.25. The van der Waals surface area contributed by atoms with Crippen LogP contribution in [0.5, 0.6) is 0 Å². The number of benzene rings is 2. The van der Waals surface area contributed by atoms with Crippen molar-refractivity contribution in [1.29, 1.82) is 0 Å². The van der Waals surface area contributed by atoms with Crippen LogP contribution in [0.3, 0.4) is 0 Å². The highest BCUT2D eigenvalue weighted by atomic mass is 35.5. The van der Waals surface area contributed by atoms with E-state index < -0.39 is 0 Å². The first kappa shape index (κ1) is 26.7. The van der Waals surface area contributed by atoms with Crippen molar-refractivity contribution in [3.8, 4) is 0 Å². The van der Waals surface area contributed by atoms with Crippen LogP contribution in [0.4, 0.5) is 10.3 Å². The van der Waals surface area contributed by atoms with Crippen LogP contribution in [0.25, 0.3) is 0 Å². The number of carbonyl (C=O) groups excluding carboxylic acids is 2. The summed E-state index contributed by atoms with van der Waals surface area (Å²) in [6, 6.07) is 14.5. The van der Waals surface area contributed by atoms with Gasteiger partial charge in [0.05, 0.1) is 12.8 Å². The predicted molar refractivity (Wildman–Crippen MR) is 151 cm³/mol. The van der Waals surface area contributed by atoms with Crippen LogP contribution in [0.2, 0.25) is 10.0 Å². The zero-order valence-electron chi connectivity index (χ0n) is 20.2. The Kier molecular flexibility index (Phi) is 8.63. The number of hydrogen-bond acceptors (Lipinski definition) is 8. The molecule has 196 valence electrons. The Hall–Kier alpha value is -2.92. The lowest BCUT2D eigenvalue weighted by atomic mass is 9.82. The Morgan fingerprint density at radius 1 is 0.763 bits per heavy atom. The molecule has 38 heavy (non-hydrogen) atoms. The van der Waals surface area contributed by atoms with E-state index in [0.29, 0.717) is 20.3 Å². The maximum absolute atomic E-state index is 12.4. The first-order chi connectivity index (χ1) is 18.4. The van der Waals surface area contributed by atoms with E-state index >= 15 is 0 Å². The molecule has 1 aliphatic rings. The molecule has 1 aliphatic carbocycles. The van der Waals surface area contributed by atoms with Crippen LogP contribution >= 0.6 is 45.9 Å². The molecule has 2 N–H and O–H groups in total. The largest absolute Gasteiger partial charge is 0.300 e. The molecule has 1 fully saturated rings. The van der Waals surface area contributed by atoms with E-state index in [2.05, 4.69) is 31.0 Å². The molecule has 2 aromatic heterocycles. The molecule has 8 nitrogen and oxygen atoms in total. The minimum atomic E-state index is -0.157. The number of carbonyl (C=O) groups is 2. The van der Waals surface area contributed by atoms with Gasteiger partial charge in [-0.2, -0.15) is 0 Å². The van der Waals surface area contributed by atoms with Crippen LogP contribution in [0.15, 0.2) is 48.5 Å². The van der Waals surface area contributed by atoms with Gasteiger partial charge in [0.2, 0.25) is 22.1 Å². The molecule has 0 unspecified atom stereocenters. The third-order valence-corrected chi connectivity index (χ3v) is 8.73. The molecular weight excluding hydrogens is 563 g/mol. The summed E-state index contributed by atoms with van der Waals surface area (Å²) in [4.78, 5) is 24.9. The number of rotatable bonds is 8. The van der Waals surface area contributed by atoms with Gasteiger partial charge in [0.25, 0.3) is 0 Å². The molecular formula is C26H24Cl2N6O2S2. The molecule has 0 radical (unpaired) electrons. The average molecular weight is 588 g/mol. The van der Waals surface area contributed by atoms with E-state index in [1.165, 1.54) is 22.7 Å². The van der Waals surface area contributed by atoms with E-state index in [4.69, 9.17) is 23.2 Å². The van der Waals surface area contributed by atoms with Gasteiger partial charge in [-0.15, -0.1) is 20.4 Å². The summed E-state index contributed by atoms with van der Waals surface area (Å²) in [6.07, 6.45) is 4.34. The lowest BCUT2D eigenvalue weighted by Gasteiger charge is -2.25. The Bertz CT molecular complexity index is 1340. The summed E-state index contributed by atoms with van der Waals surface area (Å²) in [6.45, 7) is 0. The quantitative estimate of drug-likeness (QED) is 0.244. The minimum Gasteiger partial charge on any atom is -0.300 e. The van der Waals surface area contributed by atoms with Gasteiger partial charge in [-0.25, -0.2) is 0 Å². The molecule has 2 heterocycles. The minimum absolute atomic E-state index is 0.157. The molecule has 5 rings (SSSR count). The summed E-state index contributed by atoms with van der Waals surface area (Å²) in [5.74, 6) is 0.148. The molecule has 0 bridgehead atoms.